The number of hydrogen-bond donors (Lipinski definition) is 7. The molecule has 1 aromatic carbocycles. The highest BCUT2D eigenvalue weighted by Crippen LogP contribution is 2.19. The fraction of sp³-hybridized carbons (Fsp3) is 0.500. The molecule has 198 valence electrons. The summed E-state index contributed by atoms with van der Waals surface area (Å²) in [7, 11) is 0. The minimum atomic E-state index is -1.34. The molecule has 12 heteroatoms. The van der Waals surface area contributed by atoms with Crippen LogP contribution < -0.4 is 21.7 Å². The quantitative estimate of drug-likeness (QED) is 0.181. The second-order valence-electron chi connectivity index (χ2n) is 8.82. The number of aliphatic hydroxyl groups excluding tert-OH is 1. The number of hydrogen-bond acceptors (Lipinski definition) is 7. The molecule has 36 heavy (non-hydrogen) atoms. The zero-order valence-electron chi connectivity index (χ0n) is 20.6. The Bertz CT molecular complexity index is 1060. The van der Waals surface area contributed by atoms with E-state index in [1.165, 1.54) is 11.8 Å². The van der Waals surface area contributed by atoms with Gasteiger partial charge in [-0.15, -0.1) is 0 Å². The molecule has 0 bridgehead atoms. The van der Waals surface area contributed by atoms with Gasteiger partial charge in [0.05, 0.1) is 12.6 Å². The van der Waals surface area contributed by atoms with E-state index in [2.05, 4.69) is 20.9 Å². The SMILES string of the molecule is CSCCC(NC(=O)C(Cc1c[nH]c2ccccc12)NC(=O)C(CO)NC(=O)C(N)C(C)C)C(=O)O. The second kappa shape index (κ2) is 13.9. The maximum Gasteiger partial charge on any atom is 0.326 e. The molecule has 1 aromatic heterocycles. The van der Waals surface area contributed by atoms with Crippen molar-refractivity contribution in [3.05, 3.63) is 36.0 Å². The summed E-state index contributed by atoms with van der Waals surface area (Å²) in [6.45, 7) is 2.78. The Morgan fingerprint density at radius 1 is 1.00 bits per heavy atom. The monoisotopic (exact) mass is 521 g/mol. The fourth-order valence-electron chi connectivity index (χ4n) is 3.53. The first-order valence-corrected chi connectivity index (χ1v) is 13.0. The van der Waals surface area contributed by atoms with Crippen molar-refractivity contribution in [2.75, 3.05) is 18.6 Å². The van der Waals surface area contributed by atoms with Crippen molar-refractivity contribution < 1.29 is 29.4 Å². The summed E-state index contributed by atoms with van der Waals surface area (Å²) < 4.78 is 0. The number of benzene rings is 1. The zero-order valence-corrected chi connectivity index (χ0v) is 21.4. The van der Waals surface area contributed by atoms with Gasteiger partial charge in [0, 0.05) is 23.5 Å². The normalized spacial score (nSPS) is 14.6. The van der Waals surface area contributed by atoms with Crippen LogP contribution in [0.2, 0.25) is 0 Å². The van der Waals surface area contributed by atoms with Gasteiger partial charge in [-0.25, -0.2) is 4.79 Å². The summed E-state index contributed by atoms with van der Waals surface area (Å²) in [5, 5.41) is 27.6. The average Bonchev–Trinajstić information content (AvgIpc) is 3.26. The average molecular weight is 522 g/mol. The van der Waals surface area contributed by atoms with E-state index in [1.807, 2.05) is 30.5 Å². The molecule has 2 rings (SSSR count). The number of fused-ring (bicyclic) bond motifs is 1. The Morgan fingerprint density at radius 3 is 2.22 bits per heavy atom. The fourth-order valence-corrected chi connectivity index (χ4v) is 4.00. The van der Waals surface area contributed by atoms with E-state index in [-0.39, 0.29) is 18.8 Å². The largest absolute Gasteiger partial charge is 0.480 e. The topological polar surface area (TPSA) is 187 Å². The third-order valence-electron chi connectivity index (χ3n) is 5.79. The number of carboxylic acids is 1. The first kappa shape index (κ1) is 29.1. The predicted molar refractivity (Wildman–Crippen MR) is 138 cm³/mol. The van der Waals surface area contributed by atoms with Gasteiger partial charge >= 0.3 is 5.97 Å². The Balaban J connectivity index is 2.26. The lowest BCUT2D eigenvalue weighted by Gasteiger charge is -2.25. The van der Waals surface area contributed by atoms with E-state index in [9.17, 15) is 29.4 Å². The number of H-pyrrole nitrogens is 1. The van der Waals surface area contributed by atoms with E-state index >= 15 is 0 Å². The molecule has 0 fully saturated rings. The molecule has 0 saturated heterocycles. The van der Waals surface area contributed by atoms with Crippen molar-refractivity contribution >= 4 is 46.4 Å². The summed E-state index contributed by atoms with van der Waals surface area (Å²) in [5.74, 6) is -2.95. The van der Waals surface area contributed by atoms with Gasteiger partial charge in [-0.05, 0) is 36.0 Å². The number of amides is 3. The lowest BCUT2D eigenvalue weighted by atomic mass is 10.0. The van der Waals surface area contributed by atoms with Crippen LogP contribution in [0.4, 0.5) is 0 Å². The van der Waals surface area contributed by atoms with Gasteiger partial charge in [-0.1, -0.05) is 32.0 Å². The van der Waals surface area contributed by atoms with Gasteiger partial charge in [0.1, 0.15) is 18.1 Å². The number of carboxylic acid groups (broad SMARTS) is 1. The maximum atomic E-state index is 13.2. The molecule has 4 atom stereocenters. The number of nitrogens with one attached hydrogen (secondary N) is 4. The molecular weight excluding hydrogens is 486 g/mol. The van der Waals surface area contributed by atoms with Crippen molar-refractivity contribution in [2.24, 2.45) is 11.7 Å². The van der Waals surface area contributed by atoms with Crippen LogP contribution in [0.5, 0.6) is 0 Å². The lowest BCUT2D eigenvalue weighted by Crippen LogP contribution is -2.59. The summed E-state index contributed by atoms with van der Waals surface area (Å²) in [6.07, 6.45) is 3.80. The number of aromatic amines is 1. The summed E-state index contributed by atoms with van der Waals surface area (Å²) >= 11 is 1.45. The van der Waals surface area contributed by atoms with Crippen molar-refractivity contribution in [1.29, 1.82) is 0 Å². The summed E-state index contributed by atoms with van der Waals surface area (Å²) in [6, 6.07) is 2.89. The molecule has 4 unspecified atom stereocenters. The molecule has 3 amide bonds. The lowest BCUT2D eigenvalue weighted by molar-refractivity contribution is -0.142. The van der Waals surface area contributed by atoms with Crippen LogP contribution in [0.25, 0.3) is 10.9 Å². The standard InChI is InChI=1S/C24H35N5O6S/c1-13(2)20(25)23(33)29-19(12-30)22(32)28-18(21(31)27-17(24(34)35)8-9-36-3)10-14-11-26-16-7-5-4-6-15(14)16/h4-7,11,13,17-20,26,30H,8-10,12,25H2,1-3H3,(H,27,31)(H,28,32)(H,29,33)(H,34,35). The van der Waals surface area contributed by atoms with Crippen LogP contribution in [0, 0.1) is 5.92 Å². The molecule has 0 aliphatic rings. The highest BCUT2D eigenvalue weighted by Gasteiger charge is 2.31. The number of nitrogens with two attached hydrogens (primary N) is 1. The number of carbonyl (C=O) groups excluding carboxylic acids is 3. The highest BCUT2D eigenvalue weighted by molar-refractivity contribution is 7.98. The van der Waals surface area contributed by atoms with Gasteiger partial charge in [-0.2, -0.15) is 11.8 Å². The van der Waals surface area contributed by atoms with Crippen molar-refractivity contribution in [3.8, 4) is 0 Å². The van der Waals surface area contributed by atoms with Crippen LogP contribution in [-0.2, 0) is 25.6 Å². The van der Waals surface area contributed by atoms with E-state index in [1.54, 1.807) is 20.0 Å². The molecule has 0 aliphatic carbocycles. The third kappa shape index (κ3) is 7.97. The Kier molecular flexibility index (Phi) is 11.2. The molecule has 0 saturated carbocycles. The summed E-state index contributed by atoms with van der Waals surface area (Å²) in [4.78, 5) is 53.2. The minimum absolute atomic E-state index is 0.0497. The minimum Gasteiger partial charge on any atom is -0.480 e. The zero-order chi connectivity index (χ0) is 26.8. The van der Waals surface area contributed by atoms with Gasteiger partial charge < -0.3 is 36.9 Å². The van der Waals surface area contributed by atoms with Crippen LogP contribution in [0.1, 0.15) is 25.8 Å². The smallest absolute Gasteiger partial charge is 0.326 e. The van der Waals surface area contributed by atoms with Crippen LogP contribution >= 0.6 is 11.8 Å². The Labute approximate surface area is 214 Å². The van der Waals surface area contributed by atoms with Crippen LogP contribution in [0.3, 0.4) is 0 Å². The molecule has 0 spiro atoms. The van der Waals surface area contributed by atoms with E-state index < -0.39 is 54.5 Å². The first-order valence-electron chi connectivity index (χ1n) is 11.6. The third-order valence-corrected chi connectivity index (χ3v) is 6.44. The molecule has 1 heterocycles. The molecule has 2 aromatic rings. The first-order chi connectivity index (χ1) is 17.1. The van der Waals surface area contributed by atoms with E-state index in [0.29, 0.717) is 5.75 Å². The molecule has 0 radical (unpaired) electrons. The van der Waals surface area contributed by atoms with Gasteiger partial charge in [0.2, 0.25) is 17.7 Å². The summed E-state index contributed by atoms with van der Waals surface area (Å²) in [5.41, 5.74) is 7.40. The van der Waals surface area contributed by atoms with Gasteiger partial charge in [0.25, 0.3) is 0 Å². The number of aromatic nitrogens is 1. The highest BCUT2D eigenvalue weighted by atomic mass is 32.2. The number of aliphatic carboxylic acids is 1. The second-order valence-corrected chi connectivity index (χ2v) is 9.80. The number of para-hydroxylation sites is 1. The number of thioether (sulfide) groups is 1. The molecule has 0 aliphatic heterocycles. The van der Waals surface area contributed by atoms with E-state index in [0.717, 1.165) is 16.5 Å². The number of aliphatic hydroxyl groups is 1. The predicted octanol–water partition coefficient (Wildman–Crippen LogP) is -0.0219. The van der Waals surface area contributed by atoms with Crippen LogP contribution in [-0.4, -0.2) is 81.7 Å². The Morgan fingerprint density at radius 2 is 1.61 bits per heavy atom. The molecule has 8 N–H and O–H groups in total. The number of rotatable bonds is 14. The van der Waals surface area contributed by atoms with E-state index in [4.69, 9.17) is 5.73 Å². The molecular formula is C24H35N5O6S. The van der Waals surface area contributed by atoms with Crippen molar-refractivity contribution in [2.45, 2.75) is 50.9 Å². The molecule has 11 nitrogen and oxygen atoms in total. The van der Waals surface area contributed by atoms with Gasteiger partial charge in [0.15, 0.2) is 0 Å². The number of carbonyl (C=O) groups is 4. The van der Waals surface area contributed by atoms with Gasteiger partial charge in [-0.3, -0.25) is 14.4 Å². The maximum absolute atomic E-state index is 13.2. The van der Waals surface area contributed by atoms with Crippen molar-refractivity contribution in [3.63, 3.8) is 0 Å². The van der Waals surface area contributed by atoms with Crippen molar-refractivity contribution in [1.82, 2.24) is 20.9 Å². The Hall–Kier alpha value is -3.09. The van der Waals surface area contributed by atoms with Crippen LogP contribution in [0.15, 0.2) is 30.5 Å².